The molecular weight excluding hydrogens is 293 g/mol. The molecule has 0 aromatic heterocycles. The number of aromatic carboxylic acids is 1. The number of benzene rings is 1. The van der Waals surface area contributed by atoms with Crippen LogP contribution in [0.25, 0.3) is 0 Å². The largest absolute Gasteiger partial charge is 0.496 e. The van der Waals surface area contributed by atoms with Crippen LogP contribution in [0, 0.1) is 0 Å². The summed E-state index contributed by atoms with van der Waals surface area (Å²) in [7, 11) is 2.99. The van der Waals surface area contributed by atoms with Gasteiger partial charge in [-0.15, -0.1) is 0 Å². The number of carboxylic acids is 1. The number of hydrogen-bond acceptors (Lipinski definition) is 4. The maximum atomic E-state index is 11.1. The molecule has 1 aromatic rings. The normalized spacial score (nSPS) is 10.8. The molecule has 7 heteroatoms. The minimum atomic E-state index is -1.10. The van der Waals surface area contributed by atoms with Crippen molar-refractivity contribution in [3.8, 4) is 5.75 Å². The fraction of sp³-hybridized carbons (Fsp3) is 0.417. The van der Waals surface area contributed by atoms with Crippen molar-refractivity contribution >= 4 is 29.3 Å². The van der Waals surface area contributed by atoms with Gasteiger partial charge in [-0.25, -0.2) is 9.21 Å². The van der Waals surface area contributed by atoms with Gasteiger partial charge in [-0.3, -0.25) is 0 Å². The molecule has 0 aliphatic heterocycles. The summed E-state index contributed by atoms with van der Waals surface area (Å²) in [6.45, 7) is 1.27. The summed E-state index contributed by atoms with van der Waals surface area (Å²) in [5.74, 6) is -0.835. The number of carbonyl (C=O) groups is 1. The molecule has 19 heavy (non-hydrogen) atoms. The van der Waals surface area contributed by atoms with Crippen molar-refractivity contribution in [2.24, 2.45) is 0 Å². The van der Waals surface area contributed by atoms with Crippen LogP contribution in [-0.4, -0.2) is 42.9 Å². The van der Waals surface area contributed by atoms with Crippen LogP contribution in [0.4, 0.5) is 0 Å². The van der Waals surface area contributed by atoms with Crippen molar-refractivity contribution in [3.63, 3.8) is 0 Å². The summed E-state index contributed by atoms with van der Waals surface area (Å²) >= 11 is 11.9. The molecule has 0 saturated heterocycles. The van der Waals surface area contributed by atoms with Crippen LogP contribution in [0.3, 0.4) is 0 Å². The minimum Gasteiger partial charge on any atom is -0.496 e. The molecule has 0 amide bonds. The highest BCUT2D eigenvalue weighted by Gasteiger charge is 2.18. The average Bonchev–Trinajstić information content (AvgIpc) is 2.35. The van der Waals surface area contributed by atoms with Crippen LogP contribution < -0.4 is 4.74 Å². The fourth-order valence-electron chi connectivity index (χ4n) is 1.62. The Labute approximate surface area is 121 Å². The standard InChI is InChI=1S/C12H15Cl2NO4/c1-18-4-3-15(14)7-8-5-9(13)6-10(12(16)17)11(8)19-2/h5-6H,3-4,7H2,1-2H3,(H,16,17). The Hall–Kier alpha value is -1.01. The zero-order valence-electron chi connectivity index (χ0n) is 10.7. The molecule has 0 radical (unpaired) electrons. The summed E-state index contributed by atoms with van der Waals surface area (Å²) in [6, 6.07) is 2.98. The average molecular weight is 308 g/mol. The number of hydrogen-bond donors (Lipinski definition) is 1. The predicted molar refractivity (Wildman–Crippen MR) is 73.1 cm³/mol. The molecule has 1 N–H and O–H groups in total. The Balaban J connectivity index is 3.02. The first kappa shape index (κ1) is 16.0. The Bertz CT molecular complexity index is 454. The van der Waals surface area contributed by atoms with Gasteiger partial charge in [0.05, 0.1) is 13.7 Å². The lowest BCUT2D eigenvalue weighted by Gasteiger charge is -2.17. The van der Waals surface area contributed by atoms with E-state index in [1.54, 1.807) is 13.2 Å². The Morgan fingerprint density at radius 2 is 2.11 bits per heavy atom. The predicted octanol–water partition coefficient (Wildman–Crippen LogP) is 2.65. The monoisotopic (exact) mass is 307 g/mol. The van der Waals surface area contributed by atoms with Gasteiger partial charge in [-0.2, -0.15) is 0 Å². The second-order valence-electron chi connectivity index (χ2n) is 3.79. The first-order valence-corrected chi connectivity index (χ1v) is 6.20. The summed E-state index contributed by atoms with van der Waals surface area (Å²) in [6.07, 6.45) is 0. The molecule has 106 valence electrons. The van der Waals surface area contributed by atoms with Gasteiger partial charge >= 0.3 is 5.97 Å². The van der Waals surface area contributed by atoms with Gasteiger partial charge in [-0.05, 0) is 23.9 Å². The van der Waals surface area contributed by atoms with Crippen LogP contribution in [0.2, 0.25) is 5.02 Å². The Morgan fingerprint density at radius 1 is 1.42 bits per heavy atom. The highest BCUT2D eigenvalue weighted by Crippen LogP contribution is 2.29. The summed E-state index contributed by atoms with van der Waals surface area (Å²) < 4.78 is 11.5. The van der Waals surface area contributed by atoms with E-state index in [-0.39, 0.29) is 11.3 Å². The third-order valence-corrected chi connectivity index (χ3v) is 2.95. The zero-order chi connectivity index (χ0) is 14.4. The molecule has 0 saturated carbocycles. The van der Waals surface area contributed by atoms with Gasteiger partial charge in [0.2, 0.25) is 0 Å². The van der Waals surface area contributed by atoms with Crippen LogP contribution in [-0.2, 0) is 11.3 Å². The SMILES string of the molecule is COCCN(Cl)Cc1cc(Cl)cc(C(=O)O)c1OC. The van der Waals surface area contributed by atoms with E-state index in [4.69, 9.17) is 38.0 Å². The first-order chi connectivity index (χ1) is 8.99. The van der Waals surface area contributed by atoms with Crippen LogP contribution in [0.5, 0.6) is 5.75 Å². The molecule has 0 aliphatic carbocycles. The van der Waals surface area contributed by atoms with E-state index < -0.39 is 5.97 Å². The molecule has 0 unspecified atom stereocenters. The highest BCUT2D eigenvalue weighted by atomic mass is 35.5. The van der Waals surface area contributed by atoms with Gasteiger partial charge in [0.25, 0.3) is 0 Å². The number of nitrogens with zero attached hydrogens (tertiary/aromatic N) is 1. The van der Waals surface area contributed by atoms with Crippen molar-refractivity contribution < 1.29 is 19.4 Å². The zero-order valence-corrected chi connectivity index (χ0v) is 12.2. The van der Waals surface area contributed by atoms with Gasteiger partial charge < -0.3 is 14.6 Å². The molecule has 1 aromatic carbocycles. The lowest BCUT2D eigenvalue weighted by Crippen LogP contribution is -2.18. The van der Waals surface area contributed by atoms with Crippen molar-refractivity contribution in [1.29, 1.82) is 0 Å². The third kappa shape index (κ3) is 4.54. The third-order valence-electron chi connectivity index (χ3n) is 2.45. The Morgan fingerprint density at radius 3 is 2.63 bits per heavy atom. The second-order valence-corrected chi connectivity index (χ2v) is 4.70. The molecule has 0 bridgehead atoms. The summed E-state index contributed by atoms with van der Waals surface area (Å²) in [5, 5.41) is 9.44. The van der Waals surface area contributed by atoms with E-state index in [1.165, 1.54) is 17.6 Å². The molecular formula is C12H15Cl2NO4. The van der Waals surface area contributed by atoms with E-state index >= 15 is 0 Å². The minimum absolute atomic E-state index is 0.0156. The molecule has 1 rings (SSSR count). The second kappa shape index (κ2) is 7.55. The molecule has 0 spiro atoms. The van der Waals surface area contributed by atoms with Gasteiger partial charge in [-0.1, -0.05) is 11.6 Å². The van der Waals surface area contributed by atoms with E-state index in [0.29, 0.717) is 30.3 Å². The highest BCUT2D eigenvalue weighted by molar-refractivity contribution is 6.31. The summed E-state index contributed by atoms with van der Waals surface area (Å²) in [4.78, 5) is 11.1. The van der Waals surface area contributed by atoms with Gasteiger partial charge in [0.1, 0.15) is 11.3 Å². The number of ether oxygens (including phenoxy) is 2. The van der Waals surface area contributed by atoms with Crippen molar-refractivity contribution in [2.45, 2.75) is 6.54 Å². The van der Waals surface area contributed by atoms with Crippen LogP contribution >= 0.6 is 23.4 Å². The fourth-order valence-corrected chi connectivity index (χ4v) is 2.06. The van der Waals surface area contributed by atoms with E-state index in [9.17, 15) is 4.79 Å². The van der Waals surface area contributed by atoms with Crippen molar-refractivity contribution in [3.05, 3.63) is 28.3 Å². The maximum absolute atomic E-state index is 11.1. The lowest BCUT2D eigenvalue weighted by atomic mass is 10.1. The molecule has 0 atom stereocenters. The number of carboxylic acid groups (broad SMARTS) is 1. The van der Waals surface area contributed by atoms with E-state index in [2.05, 4.69) is 0 Å². The van der Waals surface area contributed by atoms with Crippen LogP contribution in [0.15, 0.2) is 12.1 Å². The van der Waals surface area contributed by atoms with Crippen molar-refractivity contribution in [2.75, 3.05) is 27.4 Å². The number of halogens is 2. The topological polar surface area (TPSA) is 59.0 Å². The Kier molecular flexibility index (Phi) is 6.37. The van der Waals surface area contributed by atoms with Gasteiger partial charge in [0, 0.05) is 30.8 Å². The lowest BCUT2D eigenvalue weighted by molar-refractivity contribution is 0.0693. The van der Waals surface area contributed by atoms with Crippen LogP contribution in [0.1, 0.15) is 15.9 Å². The van der Waals surface area contributed by atoms with Crippen molar-refractivity contribution in [1.82, 2.24) is 4.42 Å². The smallest absolute Gasteiger partial charge is 0.339 e. The van der Waals surface area contributed by atoms with Gasteiger partial charge in [0.15, 0.2) is 0 Å². The number of methoxy groups -OCH3 is 2. The molecule has 0 fully saturated rings. The first-order valence-electron chi connectivity index (χ1n) is 5.49. The molecule has 0 aliphatic rings. The molecule has 0 heterocycles. The maximum Gasteiger partial charge on any atom is 0.339 e. The van der Waals surface area contributed by atoms with E-state index in [0.717, 1.165) is 0 Å². The molecule has 5 nitrogen and oxygen atoms in total. The van der Waals surface area contributed by atoms with E-state index in [1.807, 2.05) is 0 Å². The number of rotatable bonds is 7. The summed E-state index contributed by atoms with van der Waals surface area (Å²) in [5.41, 5.74) is 0.625. The quantitative estimate of drug-likeness (QED) is 0.785.